The van der Waals surface area contributed by atoms with Crippen molar-refractivity contribution in [2.45, 2.75) is 36.8 Å². The molecular formula is C18H24N2O3S. The molecule has 0 spiro atoms. The Morgan fingerprint density at radius 2 is 2.17 bits per heavy atom. The summed E-state index contributed by atoms with van der Waals surface area (Å²) in [6.45, 7) is 3.58. The standard InChI is InChI=1S/C18H24N2O3S/c1-2-19-10-16(14-6-3-4-7-15(14)19)24-11-17(22)20-9-5-8-18(23,12-20)13-21/h3-4,6-7,10,21,23H,2,5,8-9,11-13H2,1H3/t18-/m1/s1. The number of fused-ring (bicyclic) bond motifs is 1. The van der Waals surface area contributed by atoms with E-state index in [1.807, 2.05) is 12.1 Å². The van der Waals surface area contributed by atoms with E-state index in [4.69, 9.17) is 0 Å². The van der Waals surface area contributed by atoms with Crippen LogP contribution in [-0.2, 0) is 11.3 Å². The largest absolute Gasteiger partial charge is 0.393 e. The number of rotatable bonds is 5. The first-order chi connectivity index (χ1) is 11.6. The van der Waals surface area contributed by atoms with E-state index in [9.17, 15) is 15.0 Å². The van der Waals surface area contributed by atoms with E-state index in [1.165, 1.54) is 22.7 Å². The second-order valence-corrected chi connectivity index (χ2v) is 7.40. The minimum atomic E-state index is -1.14. The number of likely N-dealkylation sites (tertiary alicyclic amines) is 1. The van der Waals surface area contributed by atoms with E-state index >= 15 is 0 Å². The predicted molar refractivity (Wildman–Crippen MR) is 96.2 cm³/mol. The number of nitrogens with zero attached hydrogens (tertiary/aromatic N) is 2. The fourth-order valence-corrected chi connectivity index (χ4v) is 4.27. The quantitative estimate of drug-likeness (QED) is 0.812. The van der Waals surface area contributed by atoms with E-state index in [0.717, 1.165) is 17.9 Å². The molecule has 1 amide bonds. The van der Waals surface area contributed by atoms with Crippen LogP contribution in [0.2, 0.25) is 0 Å². The summed E-state index contributed by atoms with van der Waals surface area (Å²) in [5.74, 6) is 0.360. The molecule has 3 rings (SSSR count). The molecule has 6 heteroatoms. The highest BCUT2D eigenvalue weighted by Crippen LogP contribution is 2.30. The SMILES string of the molecule is CCn1cc(SCC(=O)N2CCC[C@](O)(CO)C2)c2ccccc21. The minimum Gasteiger partial charge on any atom is -0.393 e. The van der Waals surface area contributed by atoms with Gasteiger partial charge in [-0.15, -0.1) is 11.8 Å². The monoisotopic (exact) mass is 348 g/mol. The summed E-state index contributed by atoms with van der Waals surface area (Å²) >= 11 is 1.54. The van der Waals surface area contributed by atoms with Crippen LogP contribution in [0.15, 0.2) is 35.4 Å². The second-order valence-electron chi connectivity index (χ2n) is 6.39. The fraction of sp³-hybridized carbons (Fsp3) is 0.500. The van der Waals surface area contributed by atoms with Crippen molar-refractivity contribution in [1.29, 1.82) is 0 Å². The number of aliphatic hydroxyl groups excluding tert-OH is 1. The number of β-amino-alcohol motifs (C(OH)–C–C–N with tert-alkyl or cyclic N) is 1. The topological polar surface area (TPSA) is 65.7 Å². The zero-order valence-corrected chi connectivity index (χ0v) is 14.8. The molecule has 0 unspecified atom stereocenters. The Bertz CT molecular complexity index is 730. The van der Waals surface area contributed by atoms with Gasteiger partial charge in [0.15, 0.2) is 0 Å². The van der Waals surface area contributed by atoms with Gasteiger partial charge in [0.25, 0.3) is 0 Å². The molecule has 5 nitrogen and oxygen atoms in total. The van der Waals surface area contributed by atoms with Crippen molar-refractivity contribution >= 4 is 28.6 Å². The molecule has 130 valence electrons. The molecule has 1 saturated heterocycles. The van der Waals surface area contributed by atoms with Gasteiger partial charge >= 0.3 is 0 Å². The van der Waals surface area contributed by atoms with Gasteiger partial charge in [-0.2, -0.15) is 0 Å². The third kappa shape index (κ3) is 3.45. The van der Waals surface area contributed by atoms with Crippen molar-refractivity contribution in [3.05, 3.63) is 30.5 Å². The molecule has 0 radical (unpaired) electrons. The van der Waals surface area contributed by atoms with Gasteiger partial charge in [-0.25, -0.2) is 0 Å². The number of carbonyl (C=O) groups excluding carboxylic acids is 1. The van der Waals surface area contributed by atoms with Crippen LogP contribution in [0.1, 0.15) is 19.8 Å². The molecule has 1 fully saturated rings. The number of amides is 1. The number of benzene rings is 1. The zero-order chi connectivity index (χ0) is 17.2. The maximum absolute atomic E-state index is 12.5. The van der Waals surface area contributed by atoms with Crippen molar-refractivity contribution < 1.29 is 15.0 Å². The van der Waals surface area contributed by atoms with Gasteiger partial charge in [-0.1, -0.05) is 18.2 Å². The highest BCUT2D eigenvalue weighted by molar-refractivity contribution is 8.00. The number of para-hydroxylation sites is 1. The predicted octanol–water partition coefficient (Wildman–Crippen LogP) is 2.10. The van der Waals surface area contributed by atoms with Crippen LogP contribution in [0.5, 0.6) is 0 Å². The van der Waals surface area contributed by atoms with Crippen LogP contribution in [0, 0.1) is 0 Å². The lowest BCUT2D eigenvalue weighted by Gasteiger charge is -2.38. The molecule has 1 aliphatic rings. The summed E-state index contributed by atoms with van der Waals surface area (Å²) < 4.78 is 2.19. The van der Waals surface area contributed by atoms with Crippen molar-refractivity contribution in [2.75, 3.05) is 25.4 Å². The van der Waals surface area contributed by atoms with Crippen molar-refractivity contribution in [1.82, 2.24) is 9.47 Å². The van der Waals surface area contributed by atoms with E-state index in [-0.39, 0.29) is 19.1 Å². The summed E-state index contributed by atoms with van der Waals surface area (Å²) in [5, 5.41) is 20.7. The van der Waals surface area contributed by atoms with Crippen LogP contribution < -0.4 is 0 Å². The average molecular weight is 348 g/mol. The molecule has 24 heavy (non-hydrogen) atoms. The first kappa shape index (κ1) is 17.3. The summed E-state index contributed by atoms with van der Waals surface area (Å²) in [4.78, 5) is 15.3. The van der Waals surface area contributed by atoms with Crippen LogP contribution in [0.4, 0.5) is 0 Å². The third-order valence-electron chi connectivity index (χ3n) is 4.65. The number of aryl methyl sites for hydroxylation is 1. The van der Waals surface area contributed by atoms with Gasteiger partial charge in [0, 0.05) is 35.1 Å². The first-order valence-electron chi connectivity index (χ1n) is 8.38. The number of hydrogen-bond donors (Lipinski definition) is 2. The first-order valence-corrected chi connectivity index (χ1v) is 9.36. The summed E-state index contributed by atoms with van der Waals surface area (Å²) in [6, 6.07) is 8.22. The minimum absolute atomic E-state index is 0.0138. The number of aromatic nitrogens is 1. The lowest BCUT2D eigenvalue weighted by Crippen LogP contribution is -2.52. The van der Waals surface area contributed by atoms with Gasteiger partial charge in [-0.05, 0) is 25.8 Å². The molecular weight excluding hydrogens is 324 g/mol. The van der Waals surface area contributed by atoms with Crippen LogP contribution in [-0.4, -0.2) is 56.6 Å². The molecule has 2 aromatic rings. The van der Waals surface area contributed by atoms with Gasteiger partial charge in [-0.3, -0.25) is 4.79 Å². The summed E-state index contributed by atoms with van der Waals surface area (Å²) in [7, 11) is 0. The maximum atomic E-state index is 12.5. The molecule has 1 atom stereocenters. The molecule has 0 saturated carbocycles. The highest BCUT2D eigenvalue weighted by atomic mass is 32.2. The van der Waals surface area contributed by atoms with Crippen LogP contribution in [0.3, 0.4) is 0 Å². The molecule has 1 aromatic heterocycles. The van der Waals surface area contributed by atoms with Gasteiger partial charge in [0.05, 0.1) is 18.9 Å². The van der Waals surface area contributed by atoms with Crippen molar-refractivity contribution in [3.8, 4) is 0 Å². The molecule has 1 aromatic carbocycles. The van der Waals surface area contributed by atoms with Crippen LogP contribution in [0.25, 0.3) is 10.9 Å². The normalized spacial score (nSPS) is 21.4. The number of carbonyl (C=O) groups is 1. The molecule has 0 bridgehead atoms. The van der Waals surface area contributed by atoms with Crippen molar-refractivity contribution in [3.63, 3.8) is 0 Å². The Morgan fingerprint density at radius 1 is 1.38 bits per heavy atom. The fourth-order valence-electron chi connectivity index (χ4n) is 3.27. The molecule has 0 aliphatic carbocycles. The Morgan fingerprint density at radius 3 is 2.92 bits per heavy atom. The third-order valence-corrected chi connectivity index (χ3v) is 5.67. The Balaban J connectivity index is 1.69. The number of hydrogen-bond acceptors (Lipinski definition) is 4. The van der Waals surface area contributed by atoms with Gasteiger partial charge in [0.1, 0.15) is 5.60 Å². The second kappa shape index (κ2) is 7.17. The smallest absolute Gasteiger partial charge is 0.233 e. The Kier molecular flexibility index (Phi) is 5.18. The lowest BCUT2D eigenvalue weighted by molar-refractivity contribution is -0.137. The maximum Gasteiger partial charge on any atom is 0.233 e. The Hall–Kier alpha value is -1.50. The highest BCUT2D eigenvalue weighted by Gasteiger charge is 2.34. The molecule has 2 heterocycles. The van der Waals surface area contributed by atoms with Gasteiger partial charge in [0.2, 0.25) is 5.91 Å². The average Bonchev–Trinajstić information content (AvgIpc) is 2.98. The Labute approximate surface area is 146 Å². The summed E-state index contributed by atoms with van der Waals surface area (Å²) in [6.07, 6.45) is 3.37. The number of thioether (sulfide) groups is 1. The lowest BCUT2D eigenvalue weighted by atomic mass is 9.94. The molecule has 2 N–H and O–H groups in total. The zero-order valence-electron chi connectivity index (χ0n) is 13.9. The van der Waals surface area contributed by atoms with E-state index in [0.29, 0.717) is 18.7 Å². The van der Waals surface area contributed by atoms with E-state index in [1.54, 1.807) is 4.90 Å². The van der Waals surface area contributed by atoms with Crippen LogP contribution >= 0.6 is 11.8 Å². The van der Waals surface area contributed by atoms with E-state index in [2.05, 4.69) is 29.8 Å². The number of aliphatic hydroxyl groups is 2. The van der Waals surface area contributed by atoms with Gasteiger partial charge < -0.3 is 19.7 Å². The van der Waals surface area contributed by atoms with Crippen molar-refractivity contribution in [2.24, 2.45) is 0 Å². The molecule has 1 aliphatic heterocycles. The summed E-state index contributed by atoms with van der Waals surface area (Å²) in [5.41, 5.74) is 0.0409. The van der Waals surface area contributed by atoms with E-state index < -0.39 is 5.60 Å². The number of piperidine rings is 1.